The van der Waals surface area contributed by atoms with Crippen molar-refractivity contribution in [3.8, 4) is 6.07 Å². The van der Waals surface area contributed by atoms with Crippen molar-refractivity contribution >= 4 is 5.97 Å². The Morgan fingerprint density at radius 3 is 2.59 bits per heavy atom. The number of nitrogens with zero attached hydrogens (tertiary/aromatic N) is 3. The molecule has 0 amide bonds. The molecule has 0 saturated heterocycles. The van der Waals surface area contributed by atoms with Gasteiger partial charge in [-0.3, -0.25) is 0 Å². The molecule has 0 saturated carbocycles. The van der Waals surface area contributed by atoms with Crippen LogP contribution in [0.5, 0.6) is 0 Å². The second-order valence-electron chi connectivity index (χ2n) is 3.09. The molecule has 0 aliphatic rings. The largest absolute Gasteiger partial charge is 0.464 e. The summed E-state index contributed by atoms with van der Waals surface area (Å²) in [6.07, 6.45) is -0.856. The first kappa shape index (κ1) is 13.0. The Hall–Kier alpha value is -2.04. The normalized spacial score (nSPS) is 13.5. The van der Waals surface area contributed by atoms with Crippen molar-refractivity contribution in [3.05, 3.63) is 23.8 Å². The average molecular weight is 237 g/mol. The highest BCUT2D eigenvalue weighted by Gasteiger charge is 2.27. The highest BCUT2D eigenvalue weighted by atomic mass is 16.5. The molecule has 2 N–H and O–H groups in total. The first-order valence-corrected chi connectivity index (χ1v) is 4.85. The van der Waals surface area contributed by atoms with Crippen LogP contribution < -0.4 is 0 Å². The summed E-state index contributed by atoms with van der Waals surface area (Å²) in [5, 5.41) is 27.6. The van der Waals surface area contributed by atoms with Gasteiger partial charge in [-0.2, -0.15) is 5.26 Å². The van der Waals surface area contributed by atoms with Crippen LogP contribution in [-0.4, -0.2) is 38.9 Å². The Kier molecular flexibility index (Phi) is 4.51. The first-order valence-electron chi connectivity index (χ1n) is 4.85. The Morgan fingerprint density at radius 1 is 1.53 bits per heavy atom. The third kappa shape index (κ3) is 3.21. The summed E-state index contributed by atoms with van der Waals surface area (Å²) in [4.78, 5) is 18.4. The van der Waals surface area contributed by atoms with Gasteiger partial charge >= 0.3 is 5.97 Å². The number of rotatable bonds is 4. The summed E-state index contributed by atoms with van der Waals surface area (Å²) in [5.74, 6) is -0.990. The van der Waals surface area contributed by atoms with Crippen LogP contribution in [-0.2, 0) is 9.53 Å². The van der Waals surface area contributed by atoms with E-state index < -0.39 is 18.2 Å². The third-order valence-corrected chi connectivity index (χ3v) is 1.94. The van der Waals surface area contributed by atoms with Crippen LogP contribution in [0.15, 0.2) is 12.4 Å². The SMILES string of the molecule is CCOC(=O)C(O)C(O)c1cnc(C#N)nc1. The second-order valence-corrected chi connectivity index (χ2v) is 3.09. The number of aromatic nitrogens is 2. The third-order valence-electron chi connectivity index (χ3n) is 1.94. The van der Waals surface area contributed by atoms with Gasteiger partial charge in [0.15, 0.2) is 6.10 Å². The average Bonchev–Trinajstić information content (AvgIpc) is 2.37. The van der Waals surface area contributed by atoms with E-state index >= 15 is 0 Å². The van der Waals surface area contributed by atoms with Gasteiger partial charge in [-0.05, 0) is 6.92 Å². The zero-order valence-electron chi connectivity index (χ0n) is 9.07. The molecule has 0 aromatic carbocycles. The molecule has 0 radical (unpaired) electrons. The van der Waals surface area contributed by atoms with Gasteiger partial charge in [0.2, 0.25) is 5.82 Å². The summed E-state index contributed by atoms with van der Waals surface area (Å²) < 4.78 is 4.55. The summed E-state index contributed by atoms with van der Waals surface area (Å²) in [5.41, 5.74) is 0.129. The molecule has 2 atom stereocenters. The van der Waals surface area contributed by atoms with Gasteiger partial charge < -0.3 is 14.9 Å². The van der Waals surface area contributed by atoms with Crippen LogP contribution in [0.2, 0.25) is 0 Å². The minimum absolute atomic E-state index is 0.0634. The Labute approximate surface area is 97.3 Å². The van der Waals surface area contributed by atoms with Crippen molar-refractivity contribution in [3.63, 3.8) is 0 Å². The fraction of sp³-hybridized carbons (Fsp3) is 0.400. The number of hydrogen-bond donors (Lipinski definition) is 2. The van der Waals surface area contributed by atoms with E-state index in [4.69, 9.17) is 5.26 Å². The van der Waals surface area contributed by atoms with E-state index in [-0.39, 0.29) is 18.0 Å². The number of aliphatic hydroxyl groups excluding tert-OH is 2. The van der Waals surface area contributed by atoms with E-state index in [9.17, 15) is 15.0 Å². The van der Waals surface area contributed by atoms with Crippen molar-refractivity contribution in [1.29, 1.82) is 5.26 Å². The molecule has 0 fully saturated rings. The predicted octanol–water partition coefficient (Wildman–Crippen LogP) is -0.694. The number of ether oxygens (including phenoxy) is 1. The van der Waals surface area contributed by atoms with E-state index in [1.807, 2.05) is 0 Å². The van der Waals surface area contributed by atoms with E-state index in [0.29, 0.717) is 0 Å². The summed E-state index contributed by atoms with van der Waals surface area (Å²) in [6, 6.07) is 1.71. The minimum atomic E-state index is -1.70. The second kappa shape index (κ2) is 5.89. The van der Waals surface area contributed by atoms with Crippen LogP contribution >= 0.6 is 0 Å². The van der Waals surface area contributed by atoms with Crippen LogP contribution in [0.4, 0.5) is 0 Å². The topological polar surface area (TPSA) is 116 Å². The summed E-state index contributed by atoms with van der Waals surface area (Å²) in [6.45, 7) is 1.69. The van der Waals surface area contributed by atoms with E-state index in [2.05, 4.69) is 14.7 Å². The standard InChI is InChI=1S/C10H11N3O4/c1-2-17-10(16)9(15)8(14)6-4-12-7(3-11)13-5-6/h4-5,8-9,14-15H,2H2,1H3. The molecule has 7 heteroatoms. The highest BCUT2D eigenvalue weighted by Crippen LogP contribution is 2.16. The Morgan fingerprint density at radius 2 is 2.12 bits per heavy atom. The molecule has 0 aliphatic heterocycles. The fourth-order valence-electron chi connectivity index (χ4n) is 1.09. The number of esters is 1. The molecule has 1 aromatic heterocycles. The van der Waals surface area contributed by atoms with E-state index in [0.717, 1.165) is 0 Å². The lowest BCUT2D eigenvalue weighted by molar-refractivity contribution is -0.159. The lowest BCUT2D eigenvalue weighted by Gasteiger charge is -2.15. The summed E-state index contributed by atoms with van der Waals surface area (Å²) >= 11 is 0. The Balaban J connectivity index is 2.78. The van der Waals surface area contributed by atoms with Crippen LogP contribution in [0.3, 0.4) is 0 Å². The quantitative estimate of drug-likeness (QED) is 0.665. The molecule has 1 heterocycles. The molecule has 90 valence electrons. The van der Waals surface area contributed by atoms with E-state index in [1.54, 1.807) is 13.0 Å². The lowest BCUT2D eigenvalue weighted by atomic mass is 10.1. The van der Waals surface area contributed by atoms with Crippen LogP contribution in [0.25, 0.3) is 0 Å². The smallest absolute Gasteiger partial charge is 0.338 e. The molecule has 7 nitrogen and oxygen atoms in total. The van der Waals surface area contributed by atoms with Gasteiger partial charge in [0.25, 0.3) is 0 Å². The maximum atomic E-state index is 11.2. The van der Waals surface area contributed by atoms with Gasteiger partial charge in [0, 0.05) is 18.0 Å². The number of aliphatic hydroxyl groups is 2. The van der Waals surface area contributed by atoms with Gasteiger partial charge in [0.1, 0.15) is 12.2 Å². The lowest BCUT2D eigenvalue weighted by Crippen LogP contribution is -2.30. The number of hydrogen-bond acceptors (Lipinski definition) is 7. The maximum Gasteiger partial charge on any atom is 0.338 e. The maximum absolute atomic E-state index is 11.2. The van der Waals surface area contributed by atoms with Crippen molar-refractivity contribution in [2.75, 3.05) is 6.61 Å². The van der Waals surface area contributed by atoms with Gasteiger partial charge in [-0.25, -0.2) is 14.8 Å². The van der Waals surface area contributed by atoms with Crippen LogP contribution in [0.1, 0.15) is 24.4 Å². The number of nitriles is 1. The fourth-order valence-corrected chi connectivity index (χ4v) is 1.09. The zero-order valence-corrected chi connectivity index (χ0v) is 9.07. The van der Waals surface area contributed by atoms with Crippen molar-refractivity contribution in [1.82, 2.24) is 9.97 Å². The molecule has 0 aliphatic carbocycles. The molecule has 2 unspecified atom stereocenters. The Bertz CT molecular complexity index is 426. The molecular weight excluding hydrogens is 226 g/mol. The molecule has 0 spiro atoms. The van der Waals surface area contributed by atoms with Gasteiger partial charge in [0.05, 0.1) is 6.61 Å². The summed E-state index contributed by atoms with van der Waals surface area (Å²) in [7, 11) is 0. The zero-order chi connectivity index (χ0) is 12.8. The molecule has 17 heavy (non-hydrogen) atoms. The monoisotopic (exact) mass is 237 g/mol. The van der Waals surface area contributed by atoms with E-state index in [1.165, 1.54) is 12.4 Å². The number of carbonyl (C=O) groups excluding carboxylic acids is 1. The molecule has 1 aromatic rings. The number of carbonyl (C=O) groups is 1. The van der Waals surface area contributed by atoms with Crippen molar-refractivity contribution in [2.24, 2.45) is 0 Å². The molecule has 0 bridgehead atoms. The highest BCUT2D eigenvalue weighted by molar-refractivity contribution is 5.75. The van der Waals surface area contributed by atoms with Crippen molar-refractivity contribution in [2.45, 2.75) is 19.1 Å². The van der Waals surface area contributed by atoms with Gasteiger partial charge in [-0.15, -0.1) is 0 Å². The molecule has 1 rings (SSSR count). The van der Waals surface area contributed by atoms with Crippen molar-refractivity contribution < 1.29 is 19.7 Å². The van der Waals surface area contributed by atoms with Crippen LogP contribution in [0, 0.1) is 11.3 Å². The first-order chi connectivity index (χ1) is 8.10. The minimum Gasteiger partial charge on any atom is -0.464 e. The molecular formula is C10H11N3O4. The predicted molar refractivity (Wildman–Crippen MR) is 54.3 cm³/mol. The van der Waals surface area contributed by atoms with Gasteiger partial charge in [-0.1, -0.05) is 0 Å².